The van der Waals surface area contributed by atoms with Gasteiger partial charge in [-0.3, -0.25) is 9.20 Å². The van der Waals surface area contributed by atoms with Crippen molar-refractivity contribution in [2.75, 3.05) is 6.54 Å². The van der Waals surface area contributed by atoms with Crippen molar-refractivity contribution in [3.63, 3.8) is 0 Å². The number of nitrogens with zero attached hydrogens (tertiary/aromatic N) is 2. The third kappa shape index (κ3) is 2.89. The second-order valence-corrected chi connectivity index (χ2v) is 5.86. The molecule has 2 aromatic rings. The molecule has 1 atom stereocenters. The zero-order valence-corrected chi connectivity index (χ0v) is 12.4. The number of aliphatic hydroxyl groups excluding tert-OH is 1. The van der Waals surface area contributed by atoms with Crippen molar-refractivity contribution >= 4 is 23.2 Å². The maximum absolute atomic E-state index is 12.3. The van der Waals surface area contributed by atoms with Gasteiger partial charge in [0.15, 0.2) is 10.8 Å². The van der Waals surface area contributed by atoms with Gasteiger partial charge in [0.1, 0.15) is 5.65 Å². The summed E-state index contributed by atoms with van der Waals surface area (Å²) in [6.07, 6.45) is 5.65. The maximum Gasteiger partial charge on any atom is 0.271 e. The molecule has 1 unspecified atom stereocenters. The first-order valence-electron chi connectivity index (χ1n) is 7.25. The Morgan fingerprint density at radius 1 is 1.48 bits per heavy atom. The van der Waals surface area contributed by atoms with Crippen molar-refractivity contribution < 1.29 is 9.90 Å². The molecule has 1 aliphatic carbocycles. The fourth-order valence-corrected chi connectivity index (χ4v) is 3.22. The summed E-state index contributed by atoms with van der Waals surface area (Å²) in [5.74, 6) is -0.0151. The molecule has 6 heteroatoms. The Bertz CT molecular complexity index is 649. The lowest BCUT2D eigenvalue weighted by molar-refractivity contribution is 0.0836. The van der Waals surface area contributed by atoms with Crippen LogP contribution in [0.3, 0.4) is 0 Å². The number of pyridine rings is 1. The SMILES string of the molecule is O=C(NCC(O)C1CCCC1)c1c(Cl)nc2ccccn12. The van der Waals surface area contributed by atoms with Gasteiger partial charge in [0.2, 0.25) is 0 Å². The summed E-state index contributed by atoms with van der Waals surface area (Å²) in [6.45, 7) is 0.250. The molecule has 5 nitrogen and oxygen atoms in total. The molecule has 0 bridgehead atoms. The maximum atomic E-state index is 12.3. The predicted octanol–water partition coefficient (Wildman–Crippen LogP) is 2.27. The van der Waals surface area contributed by atoms with E-state index in [-0.39, 0.29) is 17.6 Å². The third-order valence-electron chi connectivity index (χ3n) is 4.12. The Balaban J connectivity index is 1.70. The van der Waals surface area contributed by atoms with Crippen LogP contribution in [0.2, 0.25) is 5.15 Å². The molecule has 0 spiro atoms. The molecule has 21 heavy (non-hydrogen) atoms. The molecular formula is C15H18ClN3O2. The molecule has 112 valence electrons. The molecule has 3 rings (SSSR count). The van der Waals surface area contributed by atoms with Crippen molar-refractivity contribution in [3.8, 4) is 0 Å². The van der Waals surface area contributed by atoms with Crippen LogP contribution in [0.1, 0.15) is 36.2 Å². The molecule has 0 aromatic carbocycles. The Morgan fingerprint density at radius 3 is 3.00 bits per heavy atom. The number of hydrogen-bond acceptors (Lipinski definition) is 3. The first-order valence-corrected chi connectivity index (χ1v) is 7.63. The Kier molecular flexibility index (Phi) is 4.12. The second-order valence-electron chi connectivity index (χ2n) is 5.50. The van der Waals surface area contributed by atoms with E-state index >= 15 is 0 Å². The van der Waals surface area contributed by atoms with E-state index in [1.165, 1.54) is 0 Å². The van der Waals surface area contributed by atoms with Crippen LogP contribution in [0.4, 0.5) is 0 Å². The summed E-state index contributed by atoms with van der Waals surface area (Å²) in [6, 6.07) is 5.44. The van der Waals surface area contributed by atoms with E-state index in [2.05, 4.69) is 10.3 Å². The van der Waals surface area contributed by atoms with Crippen LogP contribution in [-0.2, 0) is 0 Å². The van der Waals surface area contributed by atoms with Gasteiger partial charge in [-0.1, -0.05) is 30.5 Å². The highest BCUT2D eigenvalue weighted by Crippen LogP contribution is 2.27. The predicted molar refractivity (Wildman–Crippen MR) is 80.5 cm³/mol. The number of aliphatic hydroxyl groups is 1. The van der Waals surface area contributed by atoms with Crippen LogP contribution >= 0.6 is 11.6 Å². The minimum Gasteiger partial charge on any atom is -0.391 e. The van der Waals surface area contributed by atoms with Crippen molar-refractivity contribution in [1.82, 2.24) is 14.7 Å². The van der Waals surface area contributed by atoms with Crippen LogP contribution in [-0.4, -0.2) is 33.0 Å². The molecule has 1 saturated carbocycles. The summed E-state index contributed by atoms with van der Waals surface area (Å²) in [5, 5.41) is 13.0. The second kappa shape index (κ2) is 6.03. The number of nitrogens with one attached hydrogen (secondary N) is 1. The number of aromatic nitrogens is 2. The van der Waals surface area contributed by atoms with Gasteiger partial charge < -0.3 is 10.4 Å². The molecular weight excluding hydrogens is 290 g/mol. The zero-order valence-electron chi connectivity index (χ0n) is 11.6. The molecule has 2 N–H and O–H groups in total. The number of imidazole rings is 1. The number of carbonyl (C=O) groups excluding carboxylic acids is 1. The summed E-state index contributed by atoms with van der Waals surface area (Å²) >= 11 is 6.05. The quantitative estimate of drug-likeness (QED) is 0.910. The van der Waals surface area contributed by atoms with Crippen LogP contribution in [0.25, 0.3) is 5.65 Å². The number of halogens is 1. The highest BCUT2D eigenvalue weighted by atomic mass is 35.5. The van der Waals surface area contributed by atoms with Crippen molar-refractivity contribution in [2.24, 2.45) is 5.92 Å². The third-order valence-corrected chi connectivity index (χ3v) is 4.38. The molecule has 1 aliphatic rings. The summed E-state index contributed by atoms with van der Waals surface area (Å²) < 4.78 is 1.65. The molecule has 1 fully saturated rings. The van der Waals surface area contributed by atoms with E-state index in [9.17, 15) is 9.90 Å². The van der Waals surface area contributed by atoms with Gasteiger partial charge in [-0.2, -0.15) is 0 Å². The first-order chi connectivity index (χ1) is 10.2. The van der Waals surface area contributed by atoms with Crippen LogP contribution in [0, 0.1) is 5.92 Å². The summed E-state index contributed by atoms with van der Waals surface area (Å²) in [7, 11) is 0. The number of amides is 1. The summed E-state index contributed by atoms with van der Waals surface area (Å²) in [4.78, 5) is 16.4. The van der Waals surface area contributed by atoms with Gasteiger partial charge in [-0.25, -0.2) is 4.98 Å². The fourth-order valence-electron chi connectivity index (χ4n) is 2.96. The Labute approximate surface area is 127 Å². The van der Waals surface area contributed by atoms with E-state index in [1.807, 2.05) is 12.1 Å². The van der Waals surface area contributed by atoms with E-state index in [0.717, 1.165) is 25.7 Å². The Morgan fingerprint density at radius 2 is 2.24 bits per heavy atom. The molecule has 0 radical (unpaired) electrons. The zero-order chi connectivity index (χ0) is 14.8. The highest BCUT2D eigenvalue weighted by molar-refractivity contribution is 6.32. The van der Waals surface area contributed by atoms with Crippen molar-refractivity contribution in [2.45, 2.75) is 31.8 Å². The number of rotatable bonds is 4. The lowest BCUT2D eigenvalue weighted by Crippen LogP contribution is -2.36. The normalized spacial score (nSPS) is 17.2. The standard InChI is InChI=1S/C15H18ClN3O2/c16-14-13(19-8-4-3-7-12(19)18-14)15(21)17-9-11(20)10-5-1-2-6-10/h3-4,7-8,10-11,20H,1-2,5-6,9H2,(H,17,21). The summed E-state index contributed by atoms with van der Waals surface area (Å²) in [5.41, 5.74) is 0.940. The average Bonchev–Trinajstić information content (AvgIpc) is 3.10. The smallest absolute Gasteiger partial charge is 0.271 e. The number of carbonyl (C=O) groups is 1. The largest absolute Gasteiger partial charge is 0.391 e. The van der Waals surface area contributed by atoms with Crippen LogP contribution < -0.4 is 5.32 Å². The van der Waals surface area contributed by atoms with Crippen LogP contribution in [0.15, 0.2) is 24.4 Å². The molecule has 0 saturated heterocycles. The monoisotopic (exact) mass is 307 g/mol. The lowest BCUT2D eigenvalue weighted by atomic mass is 10.0. The number of fused-ring (bicyclic) bond motifs is 1. The van der Waals surface area contributed by atoms with E-state index < -0.39 is 6.10 Å². The number of hydrogen-bond donors (Lipinski definition) is 2. The van der Waals surface area contributed by atoms with E-state index in [0.29, 0.717) is 17.3 Å². The van der Waals surface area contributed by atoms with Crippen molar-refractivity contribution in [3.05, 3.63) is 35.2 Å². The van der Waals surface area contributed by atoms with Gasteiger partial charge in [0, 0.05) is 12.7 Å². The van der Waals surface area contributed by atoms with Gasteiger partial charge in [-0.15, -0.1) is 0 Å². The molecule has 2 heterocycles. The van der Waals surface area contributed by atoms with Gasteiger partial charge in [0.25, 0.3) is 5.91 Å². The first kappa shape index (κ1) is 14.4. The Hall–Kier alpha value is -1.59. The highest BCUT2D eigenvalue weighted by Gasteiger charge is 2.24. The van der Waals surface area contributed by atoms with Gasteiger partial charge in [0.05, 0.1) is 6.10 Å². The fraction of sp³-hybridized carbons (Fsp3) is 0.467. The molecule has 1 amide bonds. The van der Waals surface area contributed by atoms with E-state index in [4.69, 9.17) is 11.6 Å². The minimum atomic E-state index is -0.491. The average molecular weight is 308 g/mol. The molecule has 0 aliphatic heterocycles. The minimum absolute atomic E-state index is 0.175. The van der Waals surface area contributed by atoms with Crippen molar-refractivity contribution in [1.29, 1.82) is 0 Å². The van der Waals surface area contributed by atoms with E-state index in [1.54, 1.807) is 16.7 Å². The lowest BCUT2D eigenvalue weighted by Gasteiger charge is -2.17. The molecule has 2 aromatic heterocycles. The van der Waals surface area contributed by atoms with Crippen LogP contribution in [0.5, 0.6) is 0 Å². The van der Waals surface area contributed by atoms with Gasteiger partial charge in [-0.05, 0) is 30.9 Å². The topological polar surface area (TPSA) is 66.6 Å². The van der Waals surface area contributed by atoms with Gasteiger partial charge >= 0.3 is 0 Å².